The number of carbonyl (C=O) groups is 2. The zero-order valence-corrected chi connectivity index (χ0v) is 15.4. The van der Waals surface area contributed by atoms with Gasteiger partial charge in [0, 0.05) is 0 Å². The Kier molecular flexibility index (Phi) is 4.78. The number of anilines is 2. The fraction of sp³-hybridized carbons (Fsp3) is 0.167. The zero-order valence-electron chi connectivity index (χ0n) is 15.4. The van der Waals surface area contributed by atoms with Crippen molar-refractivity contribution in [2.24, 2.45) is 0 Å². The number of carbonyl (C=O) groups excluding carboxylic acids is 2. The van der Waals surface area contributed by atoms with Gasteiger partial charge in [0.05, 0.1) is 23.9 Å². The van der Waals surface area contributed by atoms with Crippen molar-refractivity contribution >= 4 is 23.5 Å². The highest BCUT2D eigenvalue weighted by molar-refractivity contribution is 6.05. The molecule has 0 spiro atoms. The molecule has 2 N–H and O–H groups in total. The largest absolute Gasteiger partial charge is 0.433 e. The standard InChI is InChI=1S/C18H11F4N7O2/c19-10-1-4-13(24-7-10)27-14(30)8-28-16-9(5-23)6-25-29(16)15-11(17(28)31)2-3-12(26-15)18(20,21)22/h1-4,7,25H,6,8H2,(H,24,27,30). The first-order valence-electron chi connectivity index (χ1n) is 8.67. The van der Waals surface area contributed by atoms with Crippen LogP contribution in [0.5, 0.6) is 0 Å². The van der Waals surface area contributed by atoms with Gasteiger partial charge in [0.15, 0.2) is 5.82 Å². The lowest BCUT2D eigenvalue weighted by Crippen LogP contribution is -2.49. The molecule has 0 saturated carbocycles. The van der Waals surface area contributed by atoms with E-state index in [1.165, 1.54) is 6.07 Å². The molecule has 2 aromatic heterocycles. The van der Waals surface area contributed by atoms with Crippen molar-refractivity contribution in [1.29, 1.82) is 5.26 Å². The van der Waals surface area contributed by atoms with Gasteiger partial charge in [-0.05, 0) is 24.3 Å². The lowest BCUT2D eigenvalue weighted by molar-refractivity contribution is -0.141. The first kappa shape index (κ1) is 20.2. The third-order valence-corrected chi connectivity index (χ3v) is 4.44. The van der Waals surface area contributed by atoms with Crippen molar-refractivity contribution in [2.45, 2.75) is 6.18 Å². The van der Waals surface area contributed by atoms with Gasteiger partial charge in [-0.15, -0.1) is 0 Å². The number of nitrogens with one attached hydrogen (secondary N) is 2. The number of nitriles is 1. The molecule has 0 unspecified atom stereocenters. The summed E-state index contributed by atoms with van der Waals surface area (Å²) >= 11 is 0. The molecule has 0 aromatic carbocycles. The topological polar surface area (TPSA) is 114 Å². The first-order chi connectivity index (χ1) is 14.7. The lowest BCUT2D eigenvalue weighted by atomic mass is 10.1. The minimum Gasteiger partial charge on any atom is -0.309 e. The number of amides is 2. The predicted octanol–water partition coefficient (Wildman–Crippen LogP) is 1.79. The second kappa shape index (κ2) is 7.33. The van der Waals surface area contributed by atoms with Crippen LogP contribution in [-0.4, -0.2) is 39.8 Å². The molecule has 0 bridgehead atoms. The predicted molar refractivity (Wildman–Crippen MR) is 96.2 cm³/mol. The average Bonchev–Trinajstić information content (AvgIpc) is 3.16. The van der Waals surface area contributed by atoms with Crippen LogP contribution in [0.4, 0.5) is 29.2 Å². The smallest absolute Gasteiger partial charge is 0.309 e. The molecule has 0 saturated heterocycles. The van der Waals surface area contributed by atoms with Gasteiger partial charge >= 0.3 is 6.18 Å². The van der Waals surface area contributed by atoms with Gasteiger partial charge in [-0.1, -0.05) is 0 Å². The number of aromatic nitrogens is 2. The normalized spacial score (nSPS) is 15.5. The first-order valence-corrected chi connectivity index (χ1v) is 8.67. The maximum Gasteiger partial charge on any atom is 0.433 e. The Labute approximate surface area is 171 Å². The van der Waals surface area contributed by atoms with Crippen molar-refractivity contribution in [3.63, 3.8) is 0 Å². The molecule has 0 radical (unpaired) electrons. The molecule has 0 aliphatic carbocycles. The number of hydrogen-bond donors (Lipinski definition) is 2. The van der Waals surface area contributed by atoms with E-state index in [9.17, 15) is 32.4 Å². The van der Waals surface area contributed by atoms with Crippen LogP contribution in [0.1, 0.15) is 16.1 Å². The SMILES string of the molecule is N#CC1=C2N(CC(=O)Nc3ccc(F)cn3)C(=O)c3ccc(C(F)(F)F)nc3N2NC1. The number of hydrogen-bond acceptors (Lipinski definition) is 7. The average molecular weight is 433 g/mol. The summed E-state index contributed by atoms with van der Waals surface area (Å²) in [5.74, 6) is -2.51. The van der Waals surface area contributed by atoms with E-state index in [1.807, 2.05) is 6.07 Å². The van der Waals surface area contributed by atoms with Crippen molar-refractivity contribution in [1.82, 2.24) is 20.3 Å². The molecule has 2 aliphatic rings. The molecule has 0 atom stereocenters. The van der Waals surface area contributed by atoms with E-state index in [2.05, 4.69) is 20.7 Å². The van der Waals surface area contributed by atoms with Crippen LogP contribution in [0.2, 0.25) is 0 Å². The minimum absolute atomic E-state index is 0.0311. The molecule has 13 heteroatoms. The van der Waals surface area contributed by atoms with Gasteiger partial charge in [0.25, 0.3) is 5.91 Å². The lowest BCUT2D eigenvalue weighted by Gasteiger charge is -2.35. The Hall–Kier alpha value is -4.05. The number of rotatable bonds is 3. The van der Waals surface area contributed by atoms with E-state index < -0.39 is 36.0 Å². The Morgan fingerprint density at radius 3 is 2.71 bits per heavy atom. The van der Waals surface area contributed by atoms with Crippen molar-refractivity contribution in [2.75, 3.05) is 23.4 Å². The van der Waals surface area contributed by atoms with E-state index in [1.54, 1.807) is 0 Å². The van der Waals surface area contributed by atoms with Crippen LogP contribution in [-0.2, 0) is 11.0 Å². The van der Waals surface area contributed by atoms with Gasteiger partial charge < -0.3 is 5.32 Å². The number of halogens is 4. The van der Waals surface area contributed by atoms with Crippen LogP contribution < -0.4 is 15.8 Å². The zero-order chi connectivity index (χ0) is 22.3. The molecule has 31 heavy (non-hydrogen) atoms. The fourth-order valence-corrected chi connectivity index (χ4v) is 3.10. The molecule has 2 amide bonds. The fourth-order valence-electron chi connectivity index (χ4n) is 3.10. The number of alkyl halides is 3. The van der Waals surface area contributed by atoms with E-state index in [4.69, 9.17) is 0 Å². The number of pyridine rings is 2. The number of fused-ring (bicyclic) bond motifs is 3. The maximum absolute atomic E-state index is 13.1. The molecular formula is C18H11F4N7O2. The number of nitrogens with zero attached hydrogens (tertiary/aromatic N) is 5. The number of hydrazine groups is 1. The second-order valence-electron chi connectivity index (χ2n) is 6.45. The van der Waals surface area contributed by atoms with Crippen molar-refractivity contribution in [3.8, 4) is 6.07 Å². The van der Waals surface area contributed by atoms with Crippen molar-refractivity contribution in [3.05, 3.63) is 58.9 Å². The Bertz CT molecular complexity index is 1150. The highest BCUT2D eigenvalue weighted by Gasteiger charge is 2.43. The van der Waals surface area contributed by atoms with Crippen LogP contribution in [0.15, 0.2) is 41.9 Å². The Morgan fingerprint density at radius 1 is 1.29 bits per heavy atom. The van der Waals surface area contributed by atoms with Gasteiger partial charge in [0.2, 0.25) is 5.91 Å². The quantitative estimate of drug-likeness (QED) is 0.710. The highest BCUT2D eigenvalue weighted by atomic mass is 19.4. The molecule has 2 aliphatic heterocycles. The molecule has 4 heterocycles. The monoisotopic (exact) mass is 433 g/mol. The summed E-state index contributed by atoms with van der Waals surface area (Å²) in [6, 6.07) is 5.78. The van der Waals surface area contributed by atoms with E-state index in [0.29, 0.717) is 6.07 Å². The summed E-state index contributed by atoms with van der Waals surface area (Å²) in [4.78, 5) is 33.6. The highest BCUT2D eigenvalue weighted by Crippen LogP contribution is 2.37. The van der Waals surface area contributed by atoms with Crippen LogP contribution in [0.25, 0.3) is 0 Å². The van der Waals surface area contributed by atoms with Gasteiger partial charge in [-0.2, -0.15) is 18.4 Å². The van der Waals surface area contributed by atoms with E-state index in [-0.39, 0.29) is 35.1 Å². The molecule has 158 valence electrons. The van der Waals surface area contributed by atoms with Gasteiger partial charge in [-0.25, -0.2) is 24.8 Å². The summed E-state index contributed by atoms with van der Waals surface area (Å²) in [6.45, 7) is -0.648. The summed E-state index contributed by atoms with van der Waals surface area (Å²) in [6.07, 6.45) is -3.85. The molecule has 4 rings (SSSR count). The third kappa shape index (κ3) is 3.64. The van der Waals surface area contributed by atoms with Crippen LogP contribution in [0.3, 0.4) is 0 Å². The summed E-state index contributed by atoms with van der Waals surface area (Å²) in [5, 5.41) is 12.8. The van der Waals surface area contributed by atoms with Crippen LogP contribution in [0, 0.1) is 17.1 Å². The second-order valence-corrected chi connectivity index (χ2v) is 6.45. The van der Waals surface area contributed by atoms with E-state index in [0.717, 1.165) is 28.2 Å². The van der Waals surface area contributed by atoms with Crippen molar-refractivity contribution < 1.29 is 27.2 Å². The van der Waals surface area contributed by atoms with Gasteiger partial charge in [-0.3, -0.25) is 14.5 Å². The molecule has 2 aromatic rings. The molecular weight excluding hydrogens is 422 g/mol. The molecule has 9 nitrogen and oxygen atoms in total. The van der Waals surface area contributed by atoms with Crippen LogP contribution >= 0.6 is 0 Å². The summed E-state index contributed by atoms with van der Waals surface area (Å²) in [7, 11) is 0. The maximum atomic E-state index is 13.1. The van der Waals surface area contributed by atoms with E-state index >= 15 is 0 Å². The summed E-state index contributed by atoms with van der Waals surface area (Å²) < 4.78 is 52.2. The minimum atomic E-state index is -4.74. The molecule has 0 fully saturated rings. The summed E-state index contributed by atoms with van der Waals surface area (Å²) in [5.41, 5.74) is 1.34. The Morgan fingerprint density at radius 2 is 2.06 bits per heavy atom. The van der Waals surface area contributed by atoms with Gasteiger partial charge in [0.1, 0.15) is 35.8 Å². The third-order valence-electron chi connectivity index (χ3n) is 4.44. The Balaban J connectivity index is 1.69.